The first-order valence-corrected chi connectivity index (χ1v) is 16.7. The molecule has 0 saturated carbocycles. The van der Waals surface area contributed by atoms with E-state index in [-0.39, 0.29) is 38.8 Å². The molecule has 0 N–H and O–H groups in total. The number of hydrogen-bond donors (Lipinski definition) is 0. The number of hydrogen-bond acceptors (Lipinski definition) is 14. The van der Waals surface area contributed by atoms with Gasteiger partial charge in [0.05, 0.1) is 25.0 Å². The Morgan fingerprint density at radius 2 is 1.53 bits per heavy atom. The summed E-state index contributed by atoms with van der Waals surface area (Å²) < 4.78 is 40.3. The van der Waals surface area contributed by atoms with E-state index in [0.29, 0.717) is 18.0 Å². The van der Waals surface area contributed by atoms with Gasteiger partial charge in [0.2, 0.25) is 0 Å². The lowest BCUT2D eigenvalue weighted by molar-refractivity contribution is -0.308. The highest BCUT2D eigenvalue weighted by molar-refractivity contribution is 5.76. The summed E-state index contributed by atoms with van der Waals surface area (Å²) in [5.74, 6) is -2.89. The summed E-state index contributed by atoms with van der Waals surface area (Å²) in [6.45, 7) is 10.5. The molecular formula is C36H45N3O12. The molecule has 1 fully saturated rings. The SMILES string of the molecule is CC(=O)OC[C@H]1O[C@H](OCCn2nncc2COC(=O)CCc2ccc(C(C)C)cc3c(C)ccc2-3)[C@@H](OC(C)=O)[C@@H](OC(C)=O)[C@@H]1OC(C)=O. The molecule has 276 valence electrons. The standard InChI is InChI=1S/C36H45N3O12/c1-20(2)27-10-9-26(29-12-8-21(3)30(29)16-27)11-13-32(44)47-18-28-17-37-38-39(28)14-15-45-36-35(50-25(7)43)34(49-24(6)42)33(48-23(5)41)31(51-36)19-46-22(4)40/h8-10,12,16-17,20,31,33-36H,11,13-15,18-19H2,1-7H3/t31-,33-,34+,35+,36+/m1/s1. The van der Waals surface area contributed by atoms with Gasteiger partial charge in [0.1, 0.15) is 19.3 Å². The van der Waals surface area contributed by atoms with E-state index in [2.05, 4.69) is 61.4 Å². The van der Waals surface area contributed by atoms with Crippen molar-refractivity contribution in [1.82, 2.24) is 15.0 Å². The zero-order valence-corrected chi connectivity index (χ0v) is 29.9. The molecule has 1 aliphatic heterocycles. The summed E-state index contributed by atoms with van der Waals surface area (Å²) in [5.41, 5.74) is 6.26. The highest BCUT2D eigenvalue weighted by Crippen LogP contribution is 2.33. The molecule has 51 heavy (non-hydrogen) atoms. The molecule has 0 amide bonds. The van der Waals surface area contributed by atoms with Crippen LogP contribution >= 0.6 is 0 Å². The van der Waals surface area contributed by atoms with Crippen molar-refractivity contribution in [2.24, 2.45) is 0 Å². The number of ether oxygens (including phenoxy) is 7. The fourth-order valence-electron chi connectivity index (χ4n) is 5.77. The van der Waals surface area contributed by atoms with Crippen LogP contribution < -0.4 is 0 Å². The van der Waals surface area contributed by atoms with Crippen LogP contribution in [0.4, 0.5) is 0 Å². The van der Waals surface area contributed by atoms with Crippen molar-refractivity contribution >= 4 is 29.8 Å². The van der Waals surface area contributed by atoms with Crippen LogP contribution in [0.1, 0.15) is 76.3 Å². The molecule has 0 radical (unpaired) electrons. The molecule has 3 aliphatic rings. The van der Waals surface area contributed by atoms with Crippen LogP contribution in [0.5, 0.6) is 0 Å². The maximum atomic E-state index is 12.8. The van der Waals surface area contributed by atoms with Gasteiger partial charge in [-0.2, -0.15) is 0 Å². The second-order valence-electron chi connectivity index (χ2n) is 12.5. The number of carbonyl (C=O) groups excluding carboxylic acids is 5. The maximum Gasteiger partial charge on any atom is 0.306 e. The summed E-state index contributed by atoms with van der Waals surface area (Å²) in [4.78, 5) is 60.5. The minimum absolute atomic E-state index is 0.0868. The van der Waals surface area contributed by atoms with Crippen molar-refractivity contribution in [3.63, 3.8) is 0 Å². The highest BCUT2D eigenvalue weighted by Gasteiger charge is 2.52. The van der Waals surface area contributed by atoms with Crippen molar-refractivity contribution in [3.8, 4) is 11.1 Å². The van der Waals surface area contributed by atoms with Gasteiger partial charge in [-0.1, -0.05) is 49.4 Å². The van der Waals surface area contributed by atoms with E-state index >= 15 is 0 Å². The predicted molar refractivity (Wildman–Crippen MR) is 178 cm³/mol. The predicted octanol–water partition coefficient (Wildman–Crippen LogP) is 3.59. The first-order valence-electron chi connectivity index (χ1n) is 16.7. The molecule has 1 saturated heterocycles. The molecule has 4 rings (SSSR count). The quantitative estimate of drug-likeness (QED) is 0.165. The van der Waals surface area contributed by atoms with Crippen molar-refractivity contribution in [2.45, 2.75) is 111 Å². The van der Waals surface area contributed by atoms with Gasteiger partial charge in [-0.15, -0.1) is 5.10 Å². The van der Waals surface area contributed by atoms with Gasteiger partial charge in [0.15, 0.2) is 24.6 Å². The molecule has 2 aliphatic carbocycles. The van der Waals surface area contributed by atoms with Gasteiger partial charge >= 0.3 is 29.8 Å². The molecule has 0 aromatic carbocycles. The first kappa shape index (κ1) is 38.9. The Bertz CT molecular complexity index is 1670. The maximum absolute atomic E-state index is 12.8. The normalized spacial score (nSPS) is 20.1. The smallest absolute Gasteiger partial charge is 0.306 e. The Balaban J connectivity index is 1.39. The van der Waals surface area contributed by atoms with E-state index in [1.54, 1.807) is 0 Å². The molecule has 1 aromatic rings. The number of aryl methyl sites for hydroxylation is 2. The van der Waals surface area contributed by atoms with Gasteiger partial charge in [0, 0.05) is 34.1 Å². The van der Waals surface area contributed by atoms with Gasteiger partial charge in [-0.05, 0) is 47.1 Å². The molecule has 15 nitrogen and oxygen atoms in total. The van der Waals surface area contributed by atoms with Crippen LogP contribution in [0, 0.1) is 6.92 Å². The monoisotopic (exact) mass is 711 g/mol. The second-order valence-corrected chi connectivity index (χ2v) is 12.5. The average Bonchev–Trinajstić information content (AvgIpc) is 3.60. The molecular weight excluding hydrogens is 666 g/mol. The van der Waals surface area contributed by atoms with Crippen molar-refractivity contribution in [3.05, 3.63) is 58.9 Å². The zero-order chi connectivity index (χ0) is 37.2. The minimum atomic E-state index is -1.36. The van der Waals surface area contributed by atoms with E-state index in [0.717, 1.165) is 31.9 Å². The number of carbonyl (C=O) groups is 5. The molecule has 15 heteroatoms. The fourth-order valence-corrected chi connectivity index (χ4v) is 5.77. The van der Waals surface area contributed by atoms with Crippen LogP contribution in [0.15, 0.2) is 36.5 Å². The Morgan fingerprint density at radius 1 is 0.843 bits per heavy atom. The molecule has 2 heterocycles. The van der Waals surface area contributed by atoms with Crippen LogP contribution in [-0.4, -0.2) is 88.8 Å². The van der Waals surface area contributed by atoms with Crippen molar-refractivity contribution in [2.75, 3.05) is 13.2 Å². The van der Waals surface area contributed by atoms with Crippen LogP contribution in [0.25, 0.3) is 11.1 Å². The van der Waals surface area contributed by atoms with Crippen LogP contribution in [-0.2, 0) is 76.7 Å². The average molecular weight is 712 g/mol. The Labute approximate surface area is 296 Å². The Hall–Kier alpha value is -4.89. The van der Waals surface area contributed by atoms with Gasteiger partial charge in [-0.25, -0.2) is 4.68 Å². The molecule has 5 atom stereocenters. The van der Waals surface area contributed by atoms with Crippen molar-refractivity contribution < 1.29 is 57.1 Å². The summed E-state index contributed by atoms with van der Waals surface area (Å²) >= 11 is 0. The topological polar surface area (TPSA) is 181 Å². The van der Waals surface area contributed by atoms with E-state index < -0.39 is 54.6 Å². The van der Waals surface area contributed by atoms with E-state index in [1.807, 2.05) is 0 Å². The van der Waals surface area contributed by atoms with Crippen LogP contribution in [0.3, 0.4) is 0 Å². The number of aromatic nitrogens is 3. The third-order valence-corrected chi connectivity index (χ3v) is 8.23. The highest BCUT2D eigenvalue weighted by atomic mass is 16.7. The molecule has 1 aromatic heterocycles. The number of fused-ring (bicyclic) bond motifs is 1. The zero-order valence-electron chi connectivity index (χ0n) is 29.9. The molecule has 0 spiro atoms. The second kappa shape index (κ2) is 17.9. The lowest BCUT2D eigenvalue weighted by Gasteiger charge is -2.44. The Morgan fingerprint density at radius 3 is 2.20 bits per heavy atom. The van der Waals surface area contributed by atoms with E-state index in [4.69, 9.17) is 33.2 Å². The lowest BCUT2D eigenvalue weighted by Crippen LogP contribution is -2.63. The minimum Gasteiger partial charge on any atom is -0.463 e. The number of rotatable bonds is 15. The van der Waals surface area contributed by atoms with Crippen LogP contribution in [0.2, 0.25) is 0 Å². The summed E-state index contributed by atoms with van der Waals surface area (Å²) in [6.07, 6.45) is -4.36. The molecule has 0 unspecified atom stereocenters. The summed E-state index contributed by atoms with van der Waals surface area (Å²) in [7, 11) is 0. The van der Waals surface area contributed by atoms with Gasteiger partial charge in [0.25, 0.3) is 0 Å². The van der Waals surface area contributed by atoms with E-state index in [1.165, 1.54) is 34.5 Å². The largest absolute Gasteiger partial charge is 0.463 e. The number of esters is 5. The summed E-state index contributed by atoms with van der Waals surface area (Å²) in [6, 6.07) is 10.6. The van der Waals surface area contributed by atoms with Gasteiger partial charge in [-0.3, -0.25) is 24.0 Å². The third-order valence-electron chi connectivity index (χ3n) is 8.23. The fraction of sp³-hybridized carbons (Fsp3) is 0.528. The summed E-state index contributed by atoms with van der Waals surface area (Å²) in [5, 5.41) is 7.98. The third kappa shape index (κ3) is 10.8. The van der Waals surface area contributed by atoms with Crippen molar-refractivity contribution in [1.29, 1.82) is 0 Å². The molecule has 0 bridgehead atoms. The van der Waals surface area contributed by atoms with Gasteiger partial charge < -0.3 is 33.2 Å². The lowest BCUT2D eigenvalue weighted by atomic mass is 9.98. The Kier molecular flexibility index (Phi) is 13.6. The van der Waals surface area contributed by atoms with E-state index in [9.17, 15) is 24.0 Å². The number of nitrogens with zero attached hydrogens (tertiary/aromatic N) is 3. The first-order chi connectivity index (χ1) is 24.2.